The molecule has 0 aromatic rings. The van der Waals surface area contributed by atoms with Gasteiger partial charge in [-0.2, -0.15) is 0 Å². The monoisotopic (exact) mass is 625 g/mol. The maximum absolute atomic E-state index is 13.1. The highest BCUT2D eigenvalue weighted by atomic mass is 16.5. The van der Waals surface area contributed by atoms with Crippen molar-refractivity contribution in [2.75, 3.05) is 26.3 Å². The second-order valence-electron chi connectivity index (χ2n) is 18.0. The van der Waals surface area contributed by atoms with Gasteiger partial charge in [0.15, 0.2) is 0 Å². The predicted molar refractivity (Wildman–Crippen MR) is 173 cm³/mol. The van der Waals surface area contributed by atoms with Crippen LogP contribution in [0.15, 0.2) is 11.6 Å². The van der Waals surface area contributed by atoms with Gasteiger partial charge in [0.25, 0.3) is 0 Å². The lowest BCUT2D eigenvalue weighted by molar-refractivity contribution is -0.214. The summed E-state index contributed by atoms with van der Waals surface area (Å²) in [6.07, 6.45) is 12.3. The van der Waals surface area contributed by atoms with Gasteiger partial charge in [-0.1, -0.05) is 60.1 Å². The van der Waals surface area contributed by atoms with Gasteiger partial charge in [-0.15, -0.1) is 0 Å². The lowest BCUT2D eigenvalue weighted by Gasteiger charge is -2.71. The lowest BCUT2D eigenvalue weighted by Crippen LogP contribution is -2.65. The fourth-order valence-corrected chi connectivity index (χ4v) is 12.2. The van der Waals surface area contributed by atoms with Crippen LogP contribution in [0.3, 0.4) is 0 Å². The highest BCUT2D eigenvalue weighted by molar-refractivity contribution is 5.81. The number of esters is 1. The Labute approximate surface area is 271 Å². The van der Waals surface area contributed by atoms with Gasteiger partial charge in [0.05, 0.1) is 25.0 Å². The summed E-state index contributed by atoms with van der Waals surface area (Å²) in [7, 11) is 0. The number of morpholine rings is 1. The zero-order valence-electron chi connectivity index (χ0n) is 29.1. The number of hydrogen-bond donors (Lipinski definition) is 1. The number of amides is 1. The quantitative estimate of drug-likeness (QED) is 0.252. The Hall–Kier alpha value is -1.89. The molecule has 7 heteroatoms. The number of carbonyl (C=O) groups is 3. The van der Waals surface area contributed by atoms with Gasteiger partial charge >= 0.3 is 11.9 Å². The summed E-state index contributed by atoms with van der Waals surface area (Å²) < 4.78 is 11.6. The molecule has 1 amide bonds. The molecule has 0 spiro atoms. The number of carbonyl (C=O) groups excluding carboxylic acids is 2. The molecule has 8 atom stereocenters. The maximum Gasteiger partial charge on any atom is 0.310 e. The Morgan fingerprint density at radius 2 is 1.58 bits per heavy atom. The SMILES string of the molecule is CC1(C)CC[C@]2(C(=O)O)CC[C@]3(C)C(=CC[C@@H]4[C@@]5(C)CC[C@H](OC(=O)CCC(=O)N6CCOCC6)C(C)(C)[C@@H]5CC[C@]43C)[C@@H]2C1. The normalized spacial score (nSPS) is 43.4. The first kappa shape index (κ1) is 33.0. The molecular formula is C38H59NO6. The van der Waals surface area contributed by atoms with E-state index in [1.807, 2.05) is 0 Å². The number of fused-ring (bicyclic) bond motifs is 7. The van der Waals surface area contributed by atoms with E-state index in [9.17, 15) is 19.5 Å². The van der Waals surface area contributed by atoms with E-state index in [2.05, 4.69) is 54.5 Å². The molecule has 6 aliphatic rings. The second kappa shape index (κ2) is 11.1. The van der Waals surface area contributed by atoms with Crippen molar-refractivity contribution in [3.8, 4) is 0 Å². The molecule has 1 saturated heterocycles. The minimum absolute atomic E-state index is 0.00140. The predicted octanol–water partition coefficient (Wildman–Crippen LogP) is 7.42. The molecule has 0 radical (unpaired) electrons. The first-order valence-corrected chi connectivity index (χ1v) is 18.0. The summed E-state index contributed by atoms with van der Waals surface area (Å²) in [5, 5.41) is 10.6. The van der Waals surface area contributed by atoms with Crippen LogP contribution in [0.1, 0.15) is 126 Å². The zero-order valence-corrected chi connectivity index (χ0v) is 29.1. The number of carboxylic acids is 1. The summed E-state index contributed by atoms with van der Waals surface area (Å²) in [5.41, 5.74) is 1.08. The van der Waals surface area contributed by atoms with E-state index in [0.717, 1.165) is 64.2 Å². The third-order valence-electron chi connectivity index (χ3n) is 15.2. The number of carboxylic acid groups (broad SMARTS) is 1. The van der Waals surface area contributed by atoms with Crippen molar-refractivity contribution in [2.45, 2.75) is 132 Å². The Bertz CT molecular complexity index is 1250. The van der Waals surface area contributed by atoms with Gasteiger partial charge in [0, 0.05) is 24.9 Å². The van der Waals surface area contributed by atoms with E-state index >= 15 is 0 Å². The van der Waals surface area contributed by atoms with Crippen molar-refractivity contribution in [1.82, 2.24) is 4.90 Å². The standard InChI is InChI=1S/C38H59NO6/c1-33(2)16-18-38(32(42)43)19-17-36(6)25(26(38)24-33)8-9-28-35(5)14-13-29(34(3,4)27(35)12-15-37(28,36)7)45-31(41)11-10-30(40)39-20-22-44-23-21-39/h8,26-29H,9-24H2,1-7H3,(H,42,43)/t26-,27-,28+,29-,35-,36+,37+,38-/m0/s1. The zero-order chi connectivity index (χ0) is 32.6. The number of allylic oxidation sites excluding steroid dienone is 2. The van der Waals surface area contributed by atoms with E-state index in [-0.39, 0.29) is 63.8 Å². The molecule has 1 N–H and O–H groups in total. The average Bonchev–Trinajstić information content (AvgIpc) is 2.97. The molecule has 0 bridgehead atoms. The summed E-state index contributed by atoms with van der Waals surface area (Å²) in [6, 6.07) is 0. The van der Waals surface area contributed by atoms with Gasteiger partial charge < -0.3 is 19.5 Å². The summed E-state index contributed by atoms with van der Waals surface area (Å²) in [6.45, 7) is 19.2. The number of rotatable bonds is 5. The van der Waals surface area contributed by atoms with Crippen LogP contribution in [0.5, 0.6) is 0 Å². The van der Waals surface area contributed by atoms with E-state index < -0.39 is 11.4 Å². The van der Waals surface area contributed by atoms with Gasteiger partial charge in [0.2, 0.25) is 5.91 Å². The molecule has 7 nitrogen and oxygen atoms in total. The first-order valence-electron chi connectivity index (χ1n) is 18.0. The highest BCUT2D eigenvalue weighted by Crippen LogP contribution is 2.75. The number of ether oxygens (including phenoxy) is 2. The Morgan fingerprint density at radius 1 is 0.889 bits per heavy atom. The van der Waals surface area contributed by atoms with Crippen LogP contribution in [0, 0.1) is 50.2 Å². The van der Waals surface area contributed by atoms with E-state index in [1.54, 1.807) is 4.90 Å². The largest absolute Gasteiger partial charge is 0.481 e. The molecule has 6 rings (SSSR count). The third kappa shape index (κ3) is 5.03. The average molecular weight is 626 g/mol. The first-order chi connectivity index (χ1) is 21.0. The van der Waals surface area contributed by atoms with Gasteiger partial charge in [-0.3, -0.25) is 14.4 Å². The minimum atomic E-state index is -0.609. The van der Waals surface area contributed by atoms with Gasteiger partial charge in [-0.25, -0.2) is 0 Å². The van der Waals surface area contributed by atoms with Crippen LogP contribution in [0.25, 0.3) is 0 Å². The van der Waals surface area contributed by atoms with Crippen molar-refractivity contribution in [3.05, 3.63) is 11.6 Å². The molecule has 0 aromatic heterocycles. The molecule has 5 fully saturated rings. The van der Waals surface area contributed by atoms with Crippen molar-refractivity contribution in [2.24, 2.45) is 50.2 Å². The lowest BCUT2D eigenvalue weighted by atomic mass is 9.33. The Kier molecular flexibility index (Phi) is 8.14. The Morgan fingerprint density at radius 3 is 2.27 bits per heavy atom. The van der Waals surface area contributed by atoms with Gasteiger partial charge in [0.1, 0.15) is 6.10 Å². The van der Waals surface area contributed by atoms with Crippen molar-refractivity contribution in [3.63, 3.8) is 0 Å². The van der Waals surface area contributed by atoms with Crippen molar-refractivity contribution < 1.29 is 29.0 Å². The molecule has 0 aromatic carbocycles. The molecule has 0 unspecified atom stereocenters. The fraction of sp³-hybridized carbons (Fsp3) is 0.868. The highest BCUT2D eigenvalue weighted by Gasteiger charge is 2.69. The molecule has 1 aliphatic heterocycles. The van der Waals surface area contributed by atoms with Crippen molar-refractivity contribution in [1.29, 1.82) is 0 Å². The minimum Gasteiger partial charge on any atom is -0.481 e. The smallest absolute Gasteiger partial charge is 0.310 e. The van der Waals surface area contributed by atoms with Crippen LogP contribution < -0.4 is 0 Å². The summed E-state index contributed by atoms with van der Waals surface area (Å²) in [4.78, 5) is 40.4. The van der Waals surface area contributed by atoms with E-state index in [0.29, 0.717) is 38.1 Å². The molecule has 4 saturated carbocycles. The fourth-order valence-electron chi connectivity index (χ4n) is 12.2. The number of nitrogens with zero attached hydrogens (tertiary/aromatic N) is 1. The number of hydrogen-bond acceptors (Lipinski definition) is 5. The summed E-state index contributed by atoms with van der Waals surface area (Å²) in [5.74, 6) is 0.246. The molecule has 45 heavy (non-hydrogen) atoms. The second-order valence-corrected chi connectivity index (χ2v) is 18.0. The van der Waals surface area contributed by atoms with Crippen LogP contribution in [0.2, 0.25) is 0 Å². The third-order valence-corrected chi connectivity index (χ3v) is 15.2. The van der Waals surface area contributed by atoms with Crippen LogP contribution in [0.4, 0.5) is 0 Å². The van der Waals surface area contributed by atoms with Crippen molar-refractivity contribution >= 4 is 17.8 Å². The molecule has 252 valence electrons. The summed E-state index contributed by atoms with van der Waals surface area (Å²) >= 11 is 0. The maximum atomic E-state index is 13.1. The molecule has 5 aliphatic carbocycles. The van der Waals surface area contributed by atoms with Crippen LogP contribution in [-0.2, 0) is 23.9 Å². The molecular weight excluding hydrogens is 566 g/mol. The van der Waals surface area contributed by atoms with Crippen LogP contribution >= 0.6 is 0 Å². The van der Waals surface area contributed by atoms with E-state index in [1.165, 1.54) is 5.57 Å². The number of aliphatic carboxylic acids is 1. The van der Waals surface area contributed by atoms with Crippen LogP contribution in [-0.4, -0.2) is 60.3 Å². The van der Waals surface area contributed by atoms with Gasteiger partial charge in [-0.05, 0) is 104 Å². The Balaban J connectivity index is 1.20. The topological polar surface area (TPSA) is 93.1 Å². The molecule has 1 heterocycles. The van der Waals surface area contributed by atoms with E-state index in [4.69, 9.17) is 9.47 Å².